The molecule has 1 atom stereocenters. The Bertz CT molecular complexity index is 251. The Hall–Kier alpha value is -1.39. The number of hydrogen-bond donors (Lipinski definition) is 0. The number of hydrogen-bond acceptors (Lipinski definition) is 4. The van der Waals surface area contributed by atoms with Crippen LogP contribution >= 0.6 is 0 Å². The molecule has 1 aliphatic rings. The maximum absolute atomic E-state index is 11.4. The lowest BCUT2D eigenvalue weighted by Gasteiger charge is -2.26. The van der Waals surface area contributed by atoms with Gasteiger partial charge in [-0.15, -0.1) is 0 Å². The normalized spacial score (nSPS) is 21.9. The fourth-order valence-corrected chi connectivity index (χ4v) is 1.43. The molecule has 1 saturated heterocycles. The number of Topliss-reactive ketones (excluding diaryl/α,β-unsaturated/α-hetero) is 1. The van der Waals surface area contributed by atoms with Crippen LogP contribution in [0.1, 0.15) is 13.3 Å². The van der Waals surface area contributed by atoms with Crippen LogP contribution in [-0.4, -0.2) is 42.8 Å². The van der Waals surface area contributed by atoms with Crippen LogP contribution < -0.4 is 0 Å². The molecule has 1 aliphatic heterocycles. The van der Waals surface area contributed by atoms with Gasteiger partial charge in [-0.2, -0.15) is 0 Å². The predicted octanol–water partition coefficient (Wildman–Crippen LogP) is -0.403. The fraction of sp³-hybridized carbons (Fsp3) is 0.667. The van der Waals surface area contributed by atoms with Gasteiger partial charge in [-0.1, -0.05) is 0 Å². The summed E-state index contributed by atoms with van der Waals surface area (Å²) >= 11 is 0. The lowest BCUT2D eigenvalue weighted by Crippen LogP contribution is -2.43. The monoisotopic (exact) mass is 199 g/mol. The van der Waals surface area contributed by atoms with Crippen LogP contribution in [0.5, 0.6) is 0 Å². The summed E-state index contributed by atoms with van der Waals surface area (Å²) in [4.78, 5) is 34.4. The minimum atomic E-state index is -0.675. The first-order valence-corrected chi connectivity index (χ1v) is 4.57. The summed E-state index contributed by atoms with van der Waals surface area (Å²) in [6.45, 7) is 2.44. The highest BCUT2D eigenvalue weighted by Crippen LogP contribution is 2.14. The van der Waals surface area contributed by atoms with Crippen molar-refractivity contribution in [3.8, 4) is 0 Å². The number of piperidine rings is 1. The first-order chi connectivity index (χ1) is 6.69. The Kier molecular flexibility index (Phi) is 3.62. The summed E-state index contributed by atoms with van der Waals surface area (Å²) in [5.41, 5.74) is 0. The first kappa shape index (κ1) is 10.7. The molecule has 0 aromatic carbocycles. The number of carbonyl (C=O) groups is 3. The molecule has 1 amide bonds. The fourth-order valence-electron chi connectivity index (χ4n) is 1.43. The highest BCUT2D eigenvalue weighted by molar-refractivity contribution is 6.01. The Morgan fingerprint density at radius 1 is 1.71 bits per heavy atom. The zero-order valence-electron chi connectivity index (χ0n) is 8.06. The van der Waals surface area contributed by atoms with Crippen molar-refractivity contribution in [2.75, 3.05) is 19.7 Å². The summed E-state index contributed by atoms with van der Waals surface area (Å²) in [7, 11) is 0. The number of carbonyl (C=O) groups excluding carboxylic acids is 3. The first-order valence-electron chi connectivity index (χ1n) is 4.57. The number of ketones is 1. The molecule has 0 radical (unpaired) electrons. The Morgan fingerprint density at radius 3 is 2.93 bits per heavy atom. The lowest BCUT2D eigenvalue weighted by molar-refractivity contribution is -0.154. The molecule has 0 spiro atoms. The van der Waals surface area contributed by atoms with E-state index in [0.717, 1.165) is 0 Å². The van der Waals surface area contributed by atoms with Crippen molar-refractivity contribution in [3.63, 3.8) is 0 Å². The number of esters is 1. The Labute approximate surface area is 82.0 Å². The largest absolute Gasteiger partial charge is 0.465 e. The van der Waals surface area contributed by atoms with Gasteiger partial charge in [-0.3, -0.25) is 14.4 Å². The predicted molar refractivity (Wildman–Crippen MR) is 47.4 cm³/mol. The van der Waals surface area contributed by atoms with E-state index in [9.17, 15) is 14.4 Å². The third kappa shape index (κ3) is 2.31. The molecule has 1 unspecified atom stereocenters. The molecule has 0 aliphatic carbocycles. The SMILES string of the molecule is CCOC(=O)C1CCN(C=O)CC1=O. The van der Waals surface area contributed by atoms with Gasteiger partial charge >= 0.3 is 5.97 Å². The molecule has 1 heterocycles. The van der Waals surface area contributed by atoms with Crippen molar-refractivity contribution in [3.05, 3.63) is 0 Å². The van der Waals surface area contributed by atoms with E-state index in [2.05, 4.69) is 0 Å². The topological polar surface area (TPSA) is 63.7 Å². The van der Waals surface area contributed by atoms with Crippen molar-refractivity contribution in [1.82, 2.24) is 4.90 Å². The standard InChI is InChI=1S/C9H13NO4/c1-2-14-9(13)7-3-4-10(6-11)5-8(7)12/h6-7H,2-5H2,1H3. The molecule has 1 fully saturated rings. The zero-order chi connectivity index (χ0) is 10.6. The molecule has 14 heavy (non-hydrogen) atoms. The minimum absolute atomic E-state index is 0.0208. The van der Waals surface area contributed by atoms with Gasteiger partial charge in [0.2, 0.25) is 6.41 Å². The maximum atomic E-state index is 11.4. The molecular weight excluding hydrogens is 186 g/mol. The molecule has 1 rings (SSSR count). The second-order valence-electron chi connectivity index (χ2n) is 3.14. The van der Waals surface area contributed by atoms with Gasteiger partial charge in [0.15, 0.2) is 5.78 Å². The molecule has 0 aromatic heterocycles. The van der Waals surface area contributed by atoms with Gasteiger partial charge in [0.05, 0.1) is 13.2 Å². The van der Waals surface area contributed by atoms with Crippen molar-refractivity contribution >= 4 is 18.2 Å². The third-order valence-corrected chi connectivity index (χ3v) is 2.17. The molecule has 78 valence electrons. The van der Waals surface area contributed by atoms with Gasteiger partial charge in [-0.05, 0) is 13.3 Å². The van der Waals surface area contributed by atoms with Gasteiger partial charge in [0.1, 0.15) is 5.92 Å². The van der Waals surface area contributed by atoms with E-state index in [1.54, 1.807) is 6.92 Å². The van der Waals surface area contributed by atoms with E-state index >= 15 is 0 Å². The Balaban J connectivity index is 2.53. The van der Waals surface area contributed by atoms with Crippen LogP contribution in [0.2, 0.25) is 0 Å². The second kappa shape index (κ2) is 4.74. The van der Waals surface area contributed by atoms with Crippen LogP contribution in [-0.2, 0) is 19.1 Å². The lowest BCUT2D eigenvalue weighted by atomic mass is 9.96. The molecule has 0 N–H and O–H groups in total. The van der Waals surface area contributed by atoms with Gasteiger partial charge in [0.25, 0.3) is 0 Å². The molecule has 0 saturated carbocycles. The molecule has 5 heteroatoms. The van der Waals surface area contributed by atoms with Crippen LogP contribution in [0, 0.1) is 5.92 Å². The minimum Gasteiger partial charge on any atom is -0.465 e. The number of rotatable bonds is 3. The average Bonchev–Trinajstić information content (AvgIpc) is 2.17. The summed E-state index contributed by atoms with van der Waals surface area (Å²) in [6.07, 6.45) is 0.996. The summed E-state index contributed by atoms with van der Waals surface area (Å²) in [5.74, 6) is -1.38. The quantitative estimate of drug-likeness (QED) is 0.352. The van der Waals surface area contributed by atoms with Gasteiger partial charge in [0, 0.05) is 6.54 Å². The molecule has 0 bridgehead atoms. The van der Waals surface area contributed by atoms with E-state index in [0.29, 0.717) is 19.4 Å². The van der Waals surface area contributed by atoms with Crippen LogP contribution in [0.4, 0.5) is 0 Å². The van der Waals surface area contributed by atoms with Crippen molar-refractivity contribution in [2.45, 2.75) is 13.3 Å². The highest BCUT2D eigenvalue weighted by atomic mass is 16.5. The smallest absolute Gasteiger partial charge is 0.316 e. The number of ether oxygens (including phenoxy) is 1. The van der Waals surface area contributed by atoms with Gasteiger partial charge < -0.3 is 9.64 Å². The molecule has 5 nitrogen and oxygen atoms in total. The molecular formula is C9H13NO4. The van der Waals surface area contributed by atoms with E-state index < -0.39 is 11.9 Å². The van der Waals surface area contributed by atoms with Gasteiger partial charge in [-0.25, -0.2) is 0 Å². The zero-order valence-corrected chi connectivity index (χ0v) is 8.06. The van der Waals surface area contributed by atoms with E-state index in [4.69, 9.17) is 4.74 Å². The average molecular weight is 199 g/mol. The van der Waals surface area contributed by atoms with Crippen LogP contribution in [0.25, 0.3) is 0 Å². The molecule has 0 aromatic rings. The Morgan fingerprint density at radius 2 is 2.43 bits per heavy atom. The van der Waals surface area contributed by atoms with Crippen molar-refractivity contribution in [1.29, 1.82) is 0 Å². The number of nitrogens with zero attached hydrogens (tertiary/aromatic N) is 1. The number of likely N-dealkylation sites (tertiary alicyclic amines) is 1. The van der Waals surface area contributed by atoms with Crippen molar-refractivity contribution < 1.29 is 19.1 Å². The summed E-state index contributed by atoms with van der Waals surface area (Å²) < 4.78 is 4.75. The maximum Gasteiger partial charge on any atom is 0.316 e. The van der Waals surface area contributed by atoms with E-state index in [1.807, 2.05) is 0 Å². The third-order valence-electron chi connectivity index (χ3n) is 2.17. The van der Waals surface area contributed by atoms with Crippen LogP contribution in [0.3, 0.4) is 0 Å². The van der Waals surface area contributed by atoms with Crippen LogP contribution in [0.15, 0.2) is 0 Å². The summed E-state index contributed by atoms with van der Waals surface area (Å²) in [5, 5.41) is 0. The highest BCUT2D eigenvalue weighted by Gasteiger charge is 2.32. The second-order valence-corrected chi connectivity index (χ2v) is 3.14. The summed E-state index contributed by atoms with van der Waals surface area (Å²) in [6, 6.07) is 0. The van der Waals surface area contributed by atoms with E-state index in [-0.39, 0.29) is 18.9 Å². The van der Waals surface area contributed by atoms with E-state index in [1.165, 1.54) is 4.90 Å². The van der Waals surface area contributed by atoms with Crippen molar-refractivity contribution in [2.24, 2.45) is 5.92 Å². The number of amides is 1.